The van der Waals surface area contributed by atoms with E-state index in [2.05, 4.69) is 21.2 Å². The second-order valence-corrected chi connectivity index (χ2v) is 5.75. The van der Waals surface area contributed by atoms with Crippen LogP contribution in [0.25, 0.3) is 10.8 Å². The monoisotopic (exact) mass is 342 g/mol. The Bertz CT molecular complexity index is 809. The lowest BCUT2D eigenvalue weighted by molar-refractivity contribution is 0.704. The molecule has 3 aromatic rings. The molecule has 0 aliphatic rings. The van der Waals surface area contributed by atoms with Crippen molar-refractivity contribution in [3.8, 4) is 0 Å². The van der Waals surface area contributed by atoms with Gasteiger partial charge in [-0.3, -0.25) is 4.79 Å². The van der Waals surface area contributed by atoms with Gasteiger partial charge >= 0.3 is 0 Å². The first-order chi connectivity index (χ1) is 10.2. The molecule has 0 saturated carbocycles. The number of anilines is 1. The number of hydrogen-bond donors (Lipinski definition) is 1. The molecule has 0 aliphatic carbocycles. The van der Waals surface area contributed by atoms with Crippen molar-refractivity contribution in [1.29, 1.82) is 0 Å². The number of benzene rings is 2. The molecule has 3 nitrogen and oxygen atoms in total. The molecule has 0 spiro atoms. The fourth-order valence-electron chi connectivity index (χ4n) is 2.29. The third-order valence-corrected chi connectivity index (χ3v) is 3.94. The van der Waals surface area contributed by atoms with Crippen molar-refractivity contribution in [2.75, 3.05) is 11.9 Å². The molecule has 4 heteroatoms. The predicted molar refractivity (Wildman–Crippen MR) is 90.8 cm³/mol. The molecule has 0 amide bonds. The highest BCUT2D eigenvalue weighted by molar-refractivity contribution is 9.10. The molecule has 0 atom stereocenters. The van der Waals surface area contributed by atoms with Crippen molar-refractivity contribution in [1.82, 2.24) is 4.57 Å². The Morgan fingerprint density at radius 3 is 2.57 bits per heavy atom. The van der Waals surface area contributed by atoms with Crippen molar-refractivity contribution in [3.63, 3.8) is 0 Å². The Labute approximate surface area is 131 Å². The van der Waals surface area contributed by atoms with Crippen LogP contribution in [-0.4, -0.2) is 11.1 Å². The van der Waals surface area contributed by atoms with E-state index >= 15 is 0 Å². The SMILES string of the molecule is O=c1c2ccccc2ccn1CCNc1ccc(Br)cc1. The fourth-order valence-corrected chi connectivity index (χ4v) is 2.56. The van der Waals surface area contributed by atoms with Crippen LogP contribution in [-0.2, 0) is 6.54 Å². The van der Waals surface area contributed by atoms with Crippen LogP contribution >= 0.6 is 15.9 Å². The molecule has 106 valence electrons. The first-order valence-electron chi connectivity index (χ1n) is 6.82. The fraction of sp³-hybridized carbons (Fsp3) is 0.118. The molecular formula is C17H15BrN2O. The van der Waals surface area contributed by atoms with Gasteiger partial charge in [0.15, 0.2) is 0 Å². The predicted octanol–water partition coefficient (Wildman–Crippen LogP) is 3.88. The van der Waals surface area contributed by atoms with E-state index in [1.54, 1.807) is 4.57 Å². The Balaban J connectivity index is 1.72. The highest BCUT2D eigenvalue weighted by atomic mass is 79.9. The summed E-state index contributed by atoms with van der Waals surface area (Å²) in [4.78, 5) is 12.3. The summed E-state index contributed by atoms with van der Waals surface area (Å²) in [7, 11) is 0. The number of halogens is 1. The molecule has 0 aliphatic heterocycles. The van der Waals surface area contributed by atoms with Crippen molar-refractivity contribution in [2.24, 2.45) is 0 Å². The van der Waals surface area contributed by atoms with Crippen LogP contribution in [0, 0.1) is 0 Å². The first-order valence-corrected chi connectivity index (χ1v) is 7.61. The molecule has 0 unspecified atom stereocenters. The van der Waals surface area contributed by atoms with Gasteiger partial charge in [-0.25, -0.2) is 0 Å². The second kappa shape index (κ2) is 6.14. The molecule has 2 aromatic carbocycles. The van der Waals surface area contributed by atoms with Crippen LogP contribution in [0.2, 0.25) is 0 Å². The van der Waals surface area contributed by atoms with Crippen LogP contribution in [0.15, 0.2) is 70.1 Å². The summed E-state index contributed by atoms with van der Waals surface area (Å²) in [5, 5.41) is 5.07. The maximum absolute atomic E-state index is 12.3. The number of aromatic nitrogens is 1. The number of fused-ring (bicyclic) bond motifs is 1. The summed E-state index contributed by atoms with van der Waals surface area (Å²) in [5.41, 5.74) is 1.11. The minimum atomic E-state index is 0.0608. The molecular weight excluding hydrogens is 328 g/mol. The molecule has 21 heavy (non-hydrogen) atoms. The summed E-state index contributed by atoms with van der Waals surface area (Å²) in [5.74, 6) is 0. The normalized spacial score (nSPS) is 10.7. The van der Waals surface area contributed by atoms with Gasteiger partial charge < -0.3 is 9.88 Å². The van der Waals surface area contributed by atoms with Crippen molar-refractivity contribution in [2.45, 2.75) is 6.54 Å². The minimum Gasteiger partial charge on any atom is -0.383 e. The van der Waals surface area contributed by atoms with E-state index in [0.717, 1.165) is 20.9 Å². The van der Waals surface area contributed by atoms with Crippen LogP contribution < -0.4 is 10.9 Å². The molecule has 3 rings (SSSR count). The van der Waals surface area contributed by atoms with Crippen LogP contribution in [0.1, 0.15) is 0 Å². The molecule has 0 fully saturated rings. The smallest absolute Gasteiger partial charge is 0.258 e. The second-order valence-electron chi connectivity index (χ2n) is 4.84. The van der Waals surface area contributed by atoms with E-state index in [1.165, 1.54) is 0 Å². The highest BCUT2D eigenvalue weighted by Crippen LogP contribution is 2.14. The Morgan fingerprint density at radius 2 is 1.76 bits per heavy atom. The summed E-state index contributed by atoms with van der Waals surface area (Å²) in [6.45, 7) is 1.35. The number of nitrogens with one attached hydrogen (secondary N) is 1. The lowest BCUT2D eigenvalue weighted by atomic mass is 10.2. The zero-order chi connectivity index (χ0) is 14.7. The largest absolute Gasteiger partial charge is 0.383 e. The minimum absolute atomic E-state index is 0.0608. The van der Waals surface area contributed by atoms with Gasteiger partial charge in [-0.1, -0.05) is 34.1 Å². The van der Waals surface area contributed by atoms with Crippen molar-refractivity contribution < 1.29 is 0 Å². The maximum atomic E-state index is 12.3. The van der Waals surface area contributed by atoms with Crippen LogP contribution in [0.4, 0.5) is 5.69 Å². The number of hydrogen-bond acceptors (Lipinski definition) is 2. The van der Waals surface area contributed by atoms with Gasteiger partial charge in [0.05, 0.1) is 0 Å². The number of pyridine rings is 1. The van der Waals surface area contributed by atoms with Crippen molar-refractivity contribution >= 4 is 32.4 Å². The van der Waals surface area contributed by atoms with E-state index in [4.69, 9.17) is 0 Å². The molecule has 0 saturated heterocycles. The molecule has 0 bridgehead atoms. The lowest BCUT2D eigenvalue weighted by Crippen LogP contribution is -2.23. The van der Waals surface area contributed by atoms with Gasteiger partial charge in [0.2, 0.25) is 0 Å². The zero-order valence-corrected chi connectivity index (χ0v) is 13.0. The van der Waals surface area contributed by atoms with Crippen LogP contribution in [0.5, 0.6) is 0 Å². The average Bonchev–Trinajstić information content (AvgIpc) is 2.52. The highest BCUT2D eigenvalue weighted by Gasteiger charge is 2.01. The summed E-state index contributed by atoms with van der Waals surface area (Å²) >= 11 is 3.41. The summed E-state index contributed by atoms with van der Waals surface area (Å²) in [6.07, 6.45) is 1.86. The molecule has 1 heterocycles. The average molecular weight is 343 g/mol. The Morgan fingerprint density at radius 1 is 1.00 bits per heavy atom. The number of nitrogens with zero attached hydrogens (tertiary/aromatic N) is 1. The lowest BCUT2D eigenvalue weighted by Gasteiger charge is -2.09. The number of rotatable bonds is 4. The van der Waals surface area contributed by atoms with E-state index in [-0.39, 0.29) is 5.56 Å². The van der Waals surface area contributed by atoms with Gasteiger partial charge in [0.1, 0.15) is 0 Å². The topological polar surface area (TPSA) is 34.0 Å². The van der Waals surface area contributed by atoms with Gasteiger partial charge in [-0.15, -0.1) is 0 Å². The molecule has 1 N–H and O–H groups in total. The van der Waals surface area contributed by atoms with Crippen LogP contribution in [0.3, 0.4) is 0 Å². The molecule has 1 aromatic heterocycles. The van der Waals surface area contributed by atoms with Crippen molar-refractivity contribution in [3.05, 3.63) is 75.6 Å². The maximum Gasteiger partial charge on any atom is 0.258 e. The van der Waals surface area contributed by atoms with Gasteiger partial charge in [0, 0.05) is 34.8 Å². The quantitative estimate of drug-likeness (QED) is 0.780. The van der Waals surface area contributed by atoms with E-state index < -0.39 is 0 Å². The third-order valence-electron chi connectivity index (χ3n) is 3.41. The summed E-state index contributed by atoms with van der Waals surface area (Å²) < 4.78 is 2.80. The van der Waals surface area contributed by atoms with E-state index in [1.807, 2.05) is 60.8 Å². The van der Waals surface area contributed by atoms with E-state index in [0.29, 0.717) is 13.1 Å². The molecule has 0 radical (unpaired) electrons. The third kappa shape index (κ3) is 3.16. The first kappa shape index (κ1) is 13.9. The van der Waals surface area contributed by atoms with E-state index in [9.17, 15) is 4.79 Å². The summed E-state index contributed by atoms with van der Waals surface area (Å²) in [6, 6.07) is 17.7. The van der Waals surface area contributed by atoms with Gasteiger partial charge in [-0.05, 0) is 41.8 Å². The van der Waals surface area contributed by atoms with Gasteiger partial charge in [0.25, 0.3) is 5.56 Å². The zero-order valence-electron chi connectivity index (χ0n) is 11.4. The standard InChI is InChI=1S/C17H15BrN2O/c18-14-5-7-15(8-6-14)19-10-12-20-11-9-13-3-1-2-4-16(13)17(20)21/h1-9,11,19H,10,12H2. The Hall–Kier alpha value is -2.07. The Kier molecular flexibility index (Phi) is 4.06. The van der Waals surface area contributed by atoms with Gasteiger partial charge in [-0.2, -0.15) is 0 Å².